The number of nitrogens with one attached hydrogen (secondary N) is 1. The lowest BCUT2D eigenvalue weighted by molar-refractivity contribution is 0.417. The molecule has 78 valence electrons. The van der Waals surface area contributed by atoms with Crippen molar-refractivity contribution in [1.82, 2.24) is 10.3 Å². The first kappa shape index (κ1) is 10.1. The summed E-state index contributed by atoms with van der Waals surface area (Å²) in [7, 11) is 0. The van der Waals surface area contributed by atoms with E-state index in [1.54, 1.807) is 0 Å². The number of rotatable bonds is 5. The molecule has 0 atom stereocenters. The van der Waals surface area contributed by atoms with Crippen LogP contribution in [0.5, 0.6) is 0 Å². The largest absolute Gasteiger partial charge is 0.311 e. The topological polar surface area (TPSA) is 24.9 Å². The summed E-state index contributed by atoms with van der Waals surface area (Å²) < 4.78 is 0. The fraction of sp³-hybridized carbons (Fsp3) is 0.727. The minimum absolute atomic E-state index is 0.792. The van der Waals surface area contributed by atoms with E-state index in [4.69, 9.17) is 0 Å². The summed E-state index contributed by atoms with van der Waals surface area (Å²) >= 11 is 1.84. The van der Waals surface area contributed by atoms with Crippen LogP contribution < -0.4 is 5.32 Å². The molecule has 2 rings (SSSR count). The zero-order valence-electron chi connectivity index (χ0n) is 8.75. The molecule has 1 saturated carbocycles. The SMILES string of the molecule is CCCNCc1csc(C2CCC2)n1. The molecule has 1 aromatic rings. The molecule has 1 fully saturated rings. The number of thiazole rings is 1. The summed E-state index contributed by atoms with van der Waals surface area (Å²) in [5.41, 5.74) is 1.23. The second kappa shape index (κ2) is 4.89. The first-order valence-corrected chi connectivity index (χ1v) is 6.43. The molecule has 0 radical (unpaired) electrons. The predicted octanol–water partition coefficient (Wildman–Crippen LogP) is 2.91. The van der Waals surface area contributed by atoms with Crippen LogP contribution in [-0.4, -0.2) is 11.5 Å². The van der Waals surface area contributed by atoms with E-state index in [1.165, 1.54) is 36.4 Å². The maximum atomic E-state index is 4.66. The van der Waals surface area contributed by atoms with Crippen LogP contribution in [0.3, 0.4) is 0 Å². The lowest BCUT2D eigenvalue weighted by atomic mass is 9.86. The Balaban J connectivity index is 1.83. The zero-order chi connectivity index (χ0) is 9.80. The van der Waals surface area contributed by atoms with Gasteiger partial charge in [-0.05, 0) is 25.8 Å². The Hall–Kier alpha value is -0.410. The van der Waals surface area contributed by atoms with Crippen LogP contribution in [0.25, 0.3) is 0 Å². The van der Waals surface area contributed by atoms with Crippen molar-refractivity contribution in [2.45, 2.75) is 45.1 Å². The second-order valence-corrected chi connectivity index (χ2v) is 4.87. The van der Waals surface area contributed by atoms with Gasteiger partial charge in [0, 0.05) is 17.8 Å². The highest BCUT2D eigenvalue weighted by Gasteiger charge is 2.22. The summed E-state index contributed by atoms with van der Waals surface area (Å²) in [5.74, 6) is 0.792. The van der Waals surface area contributed by atoms with Gasteiger partial charge in [0.05, 0.1) is 10.7 Å². The molecule has 0 aliphatic heterocycles. The quantitative estimate of drug-likeness (QED) is 0.756. The number of hydrogen-bond acceptors (Lipinski definition) is 3. The fourth-order valence-electron chi connectivity index (χ4n) is 1.64. The highest BCUT2D eigenvalue weighted by atomic mass is 32.1. The number of hydrogen-bond donors (Lipinski definition) is 1. The van der Waals surface area contributed by atoms with Crippen molar-refractivity contribution in [2.24, 2.45) is 0 Å². The van der Waals surface area contributed by atoms with E-state index < -0.39 is 0 Å². The Morgan fingerprint density at radius 3 is 3.07 bits per heavy atom. The molecule has 0 unspecified atom stereocenters. The van der Waals surface area contributed by atoms with Crippen molar-refractivity contribution in [3.05, 3.63) is 16.1 Å². The molecule has 2 nitrogen and oxygen atoms in total. The second-order valence-electron chi connectivity index (χ2n) is 3.98. The van der Waals surface area contributed by atoms with Crippen molar-refractivity contribution in [1.29, 1.82) is 0 Å². The Kier molecular flexibility index (Phi) is 3.54. The van der Waals surface area contributed by atoms with Crippen LogP contribution in [0.1, 0.15) is 49.2 Å². The maximum Gasteiger partial charge on any atom is 0.0959 e. The van der Waals surface area contributed by atoms with Crippen LogP contribution in [0.2, 0.25) is 0 Å². The van der Waals surface area contributed by atoms with Crippen molar-refractivity contribution in [3.8, 4) is 0 Å². The highest BCUT2D eigenvalue weighted by molar-refractivity contribution is 7.09. The predicted molar refractivity (Wildman–Crippen MR) is 60.7 cm³/mol. The van der Waals surface area contributed by atoms with Gasteiger partial charge in [-0.25, -0.2) is 4.98 Å². The van der Waals surface area contributed by atoms with E-state index >= 15 is 0 Å². The van der Waals surface area contributed by atoms with E-state index in [2.05, 4.69) is 22.6 Å². The Morgan fingerprint density at radius 1 is 1.57 bits per heavy atom. The highest BCUT2D eigenvalue weighted by Crippen LogP contribution is 2.37. The van der Waals surface area contributed by atoms with Gasteiger partial charge in [-0.3, -0.25) is 0 Å². The van der Waals surface area contributed by atoms with E-state index in [0.29, 0.717) is 0 Å². The average Bonchev–Trinajstić information content (AvgIpc) is 2.51. The Bertz CT molecular complexity index is 279. The van der Waals surface area contributed by atoms with Crippen molar-refractivity contribution in [2.75, 3.05) is 6.54 Å². The molecule has 1 N–H and O–H groups in total. The third-order valence-corrected chi connectivity index (χ3v) is 3.81. The first-order chi connectivity index (χ1) is 6.90. The summed E-state index contributed by atoms with van der Waals surface area (Å²) in [6, 6.07) is 0. The monoisotopic (exact) mass is 210 g/mol. The fourth-order valence-corrected chi connectivity index (χ4v) is 2.63. The summed E-state index contributed by atoms with van der Waals surface area (Å²) in [4.78, 5) is 4.66. The van der Waals surface area contributed by atoms with Crippen LogP contribution in [0.4, 0.5) is 0 Å². The van der Waals surface area contributed by atoms with Crippen LogP contribution in [-0.2, 0) is 6.54 Å². The molecule has 0 amide bonds. The zero-order valence-corrected chi connectivity index (χ0v) is 9.57. The molecule has 1 heterocycles. The number of aromatic nitrogens is 1. The third-order valence-electron chi connectivity index (χ3n) is 2.76. The van der Waals surface area contributed by atoms with Gasteiger partial charge in [0.25, 0.3) is 0 Å². The molecule has 1 aliphatic carbocycles. The van der Waals surface area contributed by atoms with Crippen molar-refractivity contribution < 1.29 is 0 Å². The third kappa shape index (κ3) is 2.34. The van der Waals surface area contributed by atoms with Gasteiger partial charge < -0.3 is 5.32 Å². The molecule has 1 aliphatic rings. The molecule has 0 aromatic carbocycles. The summed E-state index contributed by atoms with van der Waals surface area (Å²) in [6.45, 7) is 4.22. The molecule has 3 heteroatoms. The first-order valence-electron chi connectivity index (χ1n) is 5.55. The van der Waals surface area contributed by atoms with Gasteiger partial charge in [-0.1, -0.05) is 13.3 Å². The van der Waals surface area contributed by atoms with Gasteiger partial charge in [0.1, 0.15) is 0 Å². The van der Waals surface area contributed by atoms with Crippen LogP contribution >= 0.6 is 11.3 Å². The molecule has 0 spiro atoms. The van der Waals surface area contributed by atoms with E-state index in [0.717, 1.165) is 19.0 Å². The van der Waals surface area contributed by atoms with E-state index in [9.17, 15) is 0 Å². The standard InChI is InChI=1S/C11H18N2S/c1-2-6-12-7-10-8-14-11(13-10)9-4-3-5-9/h8-9,12H,2-7H2,1H3. The molecular formula is C11H18N2S. The number of nitrogens with zero attached hydrogens (tertiary/aromatic N) is 1. The Labute approximate surface area is 89.8 Å². The normalized spacial score (nSPS) is 16.9. The van der Waals surface area contributed by atoms with Gasteiger partial charge in [-0.15, -0.1) is 11.3 Å². The molecule has 0 saturated heterocycles. The Morgan fingerprint density at radius 2 is 2.43 bits per heavy atom. The van der Waals surface area contributed by atoms with Gasteiger partial charge >= 0.3 is 0 Å². The lowest BCUT2D eigenvalue weighted by Gasteiger charge is -2.22. The minimum Gasteiger partial charge on any atom is -0.311 e. The summed E-state index contributed by atoms with van der Waals surface area (Å²) in [6.07, 6.45) is 5.30. The molecule has 14 heavy (non-hydrogen) atoms. The van der Waals surface area contributed by atoms with E-state index in [-0.39, 0.29) is 0 Å². The van der Waals surface area contributed by atoms with E-state index in [1.807, 2.05) is 11.3 Å². The van der Waals surface area contributed by atoms with Crippen LogP contribution in [0, 0.1) is 0 Å². The molecule has 1 aromatic heterocycles. The van der Waals surface area contributed by atoms with Crippen molar-refractivity contribution >= 4 is 11.3 Å². The van der Waals surface area contributed by atoms with Gasteiger partial charge in [0.15, 0.2) is 0 Å². The smallest absolute Gasteiger partial charge is 0.0959 e. The van der Waals surface area contributed by atoms with Crippen LogP contribution in [0.15, 0.2) is 5.38 Å². The average molecular weight is 210 g/mol. The molecule has 0 bridgehead atoms. The lowest BCUT2D eigenvalue weighted by Crippen LogP contribution is -2.14. The van der Waals surface area contributed by atoms with Gasteiger partial charge in [-0.2, -0.15) is 0 Å². The van der Waals surface area contributed by atoms with Gasteiger partial charge in [0.2, 0.25) is 0 Å². The minimum atomic E-state index is 0.792. The maximum absolute atomic E-state index is 4.66. The molecular weight excluding hydrogens is 192 g/mol. The van der Waals surface area contributed by atoms with Crippen molar-refractivity contribution in [3.63, 3.8) is 0 Å². The summed E-state index contributed by atoms with van der Waals surface area (Å²) in [5, 5.41) is 6.95.